The average molecular weight is 377 g/mol. The number of aromatic nitrogens is 3. The first-order valence-corrected chi connectivity index (χ1v) is 9.74. The second-order valence-electron chi connectivity index (χ2n) is 6.80. The molecule has 2 heterocycles. The highest BCUT2D eigenvalue weighted by Gasteiger charge is 2.38. The van der Waals surface area contributed by atoms with Gasteiger partial charge in [-0.05, 0) is 11.8 Å². The Morgan fingerprint density at radius 2 is 2.04 bits per heavy atom. The second-order valence-corrected chi connectivity index (χ2v) is 9.19. The predicted molar refractivity (Wildman–Crippen MR) is 111 cm³/mol. The van der Waals surface area contributed by atoms with Gasteiger partial charge < -0.3 is 4.74 Å². The summed E-state index contributed by atoms with van der Waals surface area (Å²) in [6.45, 7) is 5.93. The minimum atomic E-state index is -1.43. The monoisotopic (exact) mass is 377 g/mol. The Labute approximate surface area is 157 Å². The predicted octanol–water partition coefficient (Wildman–Crippen LogP) is 1.45. The molecule has 0 amide bonds. The standard InChI is InChI=1S/C16H23B2FN3OPS/c1-4-25-12-7-10(17)8-20-14(12)11-5-6-13(22-21-11)23-9-15(2,3)16(18,19)24/h5-8H,4,9,17-18,24H2,1-3H3. The molecule has 0 bridgehead atoms. The smallest absolute Gasteiger partial charge is 0.233 e. The molecule has 0 radical (unpaired) electrons. The molecular weight excluding hydrogens is 354 g/mol. The van der Waals surface area contributed by atoms with Gasteiger partial charge in [0.1, 0.15) is 19.2 Å². The lowest BCUT2D eigenvalue weighted by Gasteiger charge is -2.34. The number of thioether (sulfide) groups is 1. The molecule has 9 heteroatoms. The van der Waals surface area contributed by atoms with Crippen molar-refractivity contribution in [1.29, 1.82) is 0 Å². The van der Waals surface area contributed by atoms with Gasteiger partial charge in [-0.25, -0.2) is 4.39 Å². The van der Waals surface area contributed by atoms with Gasteiger partial charge >= 0.3 is 0 Å². The number of halogens is 1. The van der Waals surface area contributed by atoms with Crippen LogP contribution in [0.2, 0.25) is 0 Å². The topological polar surface area (TPSA) is 47.9 Å². The third kappa shape index (κ3) is 5.18. The lowest BCUT2D eigenvalue weighted by molar-refractivity contribution is 0.100. The number of ether oxygens (including phenoxy) is 1. The molecule has 2 aromatic heterocycles. The third-order valence-corrected chi connectivity index (χ3v) is 5.77. The maximum Gasteiger partial charge on any atom is 0.233 e. The molecule has 0 aromatic carbocycles. The maximum atomic E-state index is 14.1. The number of rotatable bonds is 7. The maximum absolute atomic E-state index is 14.1. The number of hydrogen-bond acceptors (Lipinski definition) is 5. The minimum Gasteiger partial charge on any atom is -0.476 e. The van der Waals surface area contributed by atoms with E-state index in [0.29, 0.717) is 11.6 Å². The average Bonchev–Trinajstić information content (AvgIpc) is 2.53. The van der Waals surface area contributed by atoms with Crippen LogP contribution < -0.4 is 10.2 Å². The Kier molecular flexibility index (Phi) is 6.50. The van der Waals surface area contributed by atoms with Crippen molar-refractivity contribution in [2.45, 2.75) is 31.0 Å². The van der Waals surface area contributed by atoms with Crippen LogP contribution in [0.25, 0.3) is 11.4 Å². The fourth-order valence-corrected chi connectivity index (χ4v) is 2.88. The quantitative estimate of drug-likeness (QED) is 0.416. The van der Waals surface area contributed by atoms with Gasteiger partial charge in [0, 0.05) is 22.6 Å². The van der Waals surface area contributed by atoms with Crippen LogP contribution in [0.4, 0.5) is 4.39 Å². The number of hydrogen-bond donors (Lipinski definition) is 0. The fraction of sp³-hybridized carbons (Fsp3) is 0.438. The van der Waals surface area contributed by atoms with Gasteiger partial charge in [-0.2, -0.15) is 0 Å². The Hall–Kier alpha value is -1.13. The Morgan fingerprint density at radius 3 is 2.60 bits per heavy atom. The normalized spacial score (nSPS) is 14.1. The van der Waals surface area contributed by atoms with Gasteiger partial charge in [0.2, 0.25) is 5.88 Å². The zero-order valence-electron chi connectivity index (χ0n) is 15.3. The fourth-order valence-electron chi connectivity index (χ4n) is 1.92. The summed E-state index contributed by atoms with van der Waals surface area (Å²) < 4.78 is 19.8. The van der Waals surface area contributed by atoms with Crippen LogP contribution in [-0.2, 0) is 0 Å². The zero-order chi connectivity index (χ0) is 18.7. The van der Waals surface area contributed by atoms with Crippen LogP contribution in [-0.4, -0.2) is 48.5 Å². The molecule has 0 aliphatic carbocycles. The molecular formula is C16H23B2FN3OPS. The second kappa shape index (κ2) is 8.05. The summed E-state index contributed by atoms with van der Waals surface area (Å²) in [5.74, 6) is 1.33. The highest BCUT2D eigenvalue weighted by molar-refractivity contribution is 7.99. The summed E-state index contributed by atoms with van der Waals surface area (Å²) in [7, 11) is 5.76. The molecule has 0 saturated heterocycles. The minimum absolute atomic E-state index is 0.206. The van der Waals surface area contributed by atoms with Crippen molar-refractivity contribution in [3.8, 4) is 17.3 Å². The molecule has 0 N–H and O–H groups in total. The number of pyridine rings is 1. The summed E-state index contributed by atoms with van der Waals surface area (Å²) in [6, 6.07) is 5.69. The van der Waals surface area contributed by atoms with E-state index in [1.807, 2.05) is 34.0 Å². The van der Waals surface area contributed by atoms with Crippen molar-refractivity contribution in [2.75, 3.05) is 12.4 Å². The van der Waals surface area contributed by atoms with E-state index in [-0.39, 0.29) is 6.61 Å². The first kappa shape index (κ1) is 20.2. The number of alkyl halides is 1. The Balaban J connectivity index is 2.16. The van der Waals surface area contributed by atoms with Crippen LogP contribution in [0.1, 0.15) is 20.8 Å². The van der Waals surface area contributed by atoms with E-state index in [2.05, 4.69) is 37.4 Å². The van der Waals surface area contributed by atoms with E-state index in [9.17, 15) is 4.39 Å². The zero-order valence-corrected chi connectivity index (χ0v) is 17.3. The van der Waals surface area contributed by atoms with Crippen molar-refractivity contribution < 1.29 is 9.13 Å². The lowest BCUT2D eigenvalue weighted by Crippen LogP contribution is -2.40. The lowest BCUT2D eigenvalue weighted by atomic mass is 9.76. The van der Waals surface area contributed by atoms with Crippen molar-refractivity contribution in [2.24, 2.45) is 5.41 Å². The Morgan fingerprint density at radius 1 is 1.32 bits per heavy atom. The highest BCUT2D eigenvalue weighted by atomic mass is 32.2. The van der Waals surface area contributed by atoms with Crippen LogP contribution in [0.15, 0.2) is 29.3 Å². The van der Waals surface area contributed by atoms with Crippen LogP contribution in [0, 0.1) is 5.41 Å². The summed E-state index contributed by atoms with van der Waals surface area (Å²) in [6.07, 6.45) is 1.82. The number of nitrogens with zero attached hydrogens (tertiary/aromatic N) is 3. The molecule has 0 spiro atoms. The molecule has 0 saturated carbocycles. The summed E-state index contributed by atoms with van der Waals surface area (Å²) in [5.41, 5.74) is 1.96. The molecule has 0 fully saturated rings. The molecule has 4 nitrogen and oxygen atoms in total. The molecule has 2 unspecified atom stereocenters. The molecule has 25 heavy (non-hydrogen) atoms. The van der Waals surface area contributed by atoms with Crippen LogP contribution >= 0.6 is 21.0 Å². The highest BCUT2D eigenvalue weighted by Crippen LogP contribution is 2.37. The first-order valence-electron chi connectivity index (χ1n) is 8.18. The first-order chi connectivity index (χ1) is 11.6. The van der Waals surface area contributed by atoms with Gasteiger partial charge in [-0.1, -0.05) is 32.3 Å². The van der Waals surface area contributed by atoms with E-state index in [1.165, 1.54) is 7.85 Å². The van der Waals surface area contributed by atoms with Gasteiger partial charge in [0.25, 0.3) is 0 Å². The molecule has 0 aliphatic heterocycles. The molecule has 0 aliphatic rings. The van der Waals surface area contributed by atoms with Crippen LogP contribution in [0.3, 0.4) is 0 Å². The molecule has 2 aromatic rings. The van der Waals surface area contributed by atoms with Gasteiger partial charge in [-0.15, -0.1) is 31.2 Å². The summed E-state index contributed by atoms with van der Waals surface area (Å²) in [5, 5.41) is 6.92. The van der Waals surface area contributed by atoms with E-state index in [1.54, 1.807) is 17.8 Å². The van der Waals surface area contributed by atoms with E-state index >= 15 is 0 Å². The van der Waals surface area contributed by atoms with E-state index in [4.69, 9.17) is 4.74 Å². The molecule has 132 valence electrons. The van der Waals surface area contributed by atoms with E-state index in [0.717, 1.165) is 21.8 Å². The molecule has 2 rings (SSSR count). The summed E-state index contributed by atoms with van der Waals surface area (Å²) >= 11 is 1.73. The largest absolute Gasteiger partial charge is 0.476 e. The van der Waals surface area contributed by atoms with Crippen molar-refractivity contribution in [1.82, 2.24) is 15.2 Å². The van der Waals surface area contributed by atoms with Gasteiger partial charge in [0.05, 0.1) is 11.9 Å². The summed E-state index contributed by atoms with van der Waals surface area (Å²) in [4.78, 5) is 5.58. The van der Waals surface area contributed by atoms with Crippen molar-refractivity contribution >= 4 is 42.2 Å². The van der Waals surface area contributed by atoms with Gasteiger partial charge in [0.15, 0.2) is 7.85 Å². The Bertz CT molecular complexity index is 726. The third-order valence-electron chi connectivity index (χ3n) is 4.08. The van der Waals surface area contributed by atoms with Gasteiger partial charge in [-0.3, -0.25) is 4.98 Å². The van der Waals surface area contributed by atoms with Crippen LogP contribution in [0.5, 0.6) is 5.88 Å². The molecule has 2 atom stereocenters. The van der Waals surface area contributed by atoms with Crippen molar-refractivity contribution in [3.05, 3.63) is 24.4 Å². The van der Waals surface area contributed by atoms with Crippen molar-refractivity contribution in [3.63, 3.8) is 0 Å². The van der Waals surface area contributed by atoms with E-state index < -0.39 is 10.7 Å². The SMILES string of the molecule is Bc1cnc(-c2ccc(OCC(C)(C)C(B)(F)P)nn2)c(SCC)c1.